The van der Waals surface area contributed by atoms with Gasteiger partial charge >= 0.3 is 12.0 Å². The van der Waals surface area contributed by atoms with E-state index in [1.54, 1.807) is 0 Å². The molecule has 0 radical (unpaired) electrons. The Bertz CT molecular complexity index is 665. The van der Waals surface area contributed by atoms with Crippen LogP contribution >= 0.6 is 11.6 Å². The van der Waals surface area contributed by atoms with Crippen molar-refractivity contribution in [2.45, 2.75) is 38.6 Å². The van der Waals surface area contributed by atoms with Crippen LogP contribution in [0.4, 0.5) is 10.5 Å². The lowest BCUT2D eigenvalue weighted by Crippen LogP contribution is -2.48. The molecular weight excluding hydrogens is 346 g/mol. The summed E-state index contributed by atoms with van der Waals surface area (Å²) in [4.78, 5) is 35.5. The molecule has 25 heavy (non-hydrogen) atoms. The second kappa shape index (κ2) is 8.71. The number of hydrogen-bond acceptors (Lipinski definition) is 5. The highest BCUT2D eigenvalue weighted by atomic mass is 35.5. The van der Waals surface area contributed by atoms with Crippen molar-refractivity contribution in [1.29, 1.82) is 0 Å². The zero-order valence-corrected chi connectivity index (χ0v) is 14.8. The number of halogens is 1. The quantitative estimate of drug-likeness (QED) is 0.559. The first kappa shape index (κ1) is 19.1. The van der Waals surface area contributed by atoms with Crippen LogP contribution in [0, 0.1) is 5.92 Å². The number of urea groups is 1. The van der Waals surface area contributed by atoms with Crippen LogP contribution in [0.15, 0.2) is 18.2 Å². The summed E-state index contributed by atoms with van der Waals surface area (Å²) in [6.07, 6.45) is 4.17. The van der Waals surface area contributed by atoms with E-state index in [0.717, 1.165) is 25.7 Å². The summed E-state index contributed by atoms with van der Waals surface area (Å²) in [5.41, 5.74) is 5.94. The summed E-state index contributed by atoms with van der Waals surface area (Å²) in [5, 5.41) is 5.34. The molecule has 1 aliphatic carbocycles. The minimum atomic E-state index is -0.759. The number of hydrogen-bond donors (Lipinski definition) is 3. The number of rotatable bonds is 4. The van der Waals surface area contributed by atoms with Crippen LogP contribution in [-0.2, 0) is 9.53 Å². The van der Waals surface area contributed by atoms with Crippen molar-refractivity contribution in [2.75, 3.05) is 12.3 Å². The summed E-state index contributed by atoms with van der Waals surface area (Å²) >= 11 is 5.76. The predicted octanol–water partition coefficient (Wildman–Crippen LogP) is 2.48. The van der Waals surface area contributed by atoms with E-state index in [2.05, 4.69) is 17.6 Å². The molecule has 0 spiro atoms. The van der Waals surface area contributed by atoms with Gasteiger partial charge in [0.2, 0.25) is 0 Å². The third kappa shape index (κ3) is 5.63. The van der Waals surface area contributed by atoms with Gasteiger partial charge in [0.15, 0.2) is 6.61 Å². The molecule has 8 heteroatoms. The number of carbonyl (C=O) groups is 3. The van der Waals surface area contributed by atoms with Gasteiger partial charge in [-0.15, -0.1) is 0 Å². The number of nitrogen functional groups attached to an aromatic ring is 1. The van der Waals surface area contributed by atoms with Gasteiger partial charge in [0, 0.05) is 16.8 Å². The number of carbonyl (C=O) groups excluding carboxylic acids is 3. The second-order valence-electron chi connectivity index (χ2n) is 6.20. The average molecular weight is 368 g/mol. The second-order valence-corrected chi connectivity index (χ2v) is 6.63. The minimum Gasteiger partial charge on any atom is -0.452 e. The molecule has 2 atom stereocenters. The number of nitrogens with one attached hydrogen (secondary N) is 2. The monoisotopic (exact) mass is 367 g/mol. The van der Waals surface area contributed by atoms with E-state index in [1.165, 1.54) is 18.2 Å². The fourth-order valence-corrected chi connectivity index (χ4v) is 3.01. The number of esters is 1. The van der Waals surface area contributed by atoms with Gasteiger partial charge in [0.1, 0.15) is 0 Å². The first-order chi connectivity index (χ1) is 11.9. The van der Waals surface area contributed by atoms with Crippen molar-refractivity contribution in [1.82, 2.24) is 10.6 Å². The highest BCUT2D eigenvalue weighted by Crippen LogP contribution is 2.23. The molecule has 0 heterocycles. The SMILES string of the molecule is C[C@H]1CCCC[C@@H]1NC(=O)NC(=O)COC(=O)c1ccc(Cl)cc1N. The molecule has 1 saturated carbocycles. The molecular formula is C17H22ClN3O4. The van der Waals surface area contributed by atoms with Gasteiger partial charge in [-0.05, 0) is 37.0 Å². The fraction of sp³-hybridized carbons (Fsp3) is 0.471. The molecule has 136 valence electrons. The third-order valence-electron chi connectivity index (χ3n) is 4.25. The normalized spacial score (nSPS) is 19.8. The molecule has 1 aromatic rings. The van der Waals surface area contributed by atoms with Crippen LogP contribution in [0.5, 0.6) is 0 Å². The van der Waals surface area contributed by atoms with Crippen molar-refractivity contribution in [3.05, 3.63) is 28.8 Å². The molecule has 0 aromatic heterocycles. The van der Waals surface area contributed by atoms with Crippen LogP contribution in [-0.4, -0.2) is 30.6 Å². The smallest absolute Gasteiger partial charge is 0.340 e. The molecule has 0 bridgehead atoms. The predicted molar refractivity (Wildman–Crippen MR) is 94.2 cm³/mol. The Morgan fingerprint density at radius 2 is 2.00 bits per heavy atom. The Morgan fingerprint density at radius 3 is 2.68 bits per heavy atom. The van der Waals surface area contributed by atoms with Gasteiger partial charge in [0.05, 0.1) is 5.56 Å². The molecule has 0 saturated heterocycles. The van der Waals surface area contributed by atoms with Crippen LogP contribution in [0.2, 0.25) is 5.02 Å². The largest absolute Gasteiger partial charge is 0.452 e. The topological polar surface area (TPSA) is 111 Å². The lowest BCUT2D eigenvalue weighted by molar-refractivity contribution is -0.123. The van der Waals surface area contributed by atoms with E-state index in [0.29, 0.717) is 10.9 Å². The molecule has 7 nitrogen and oxygen atoms in total. The Labute approximate surface area is 151 Å². The average Bonchev–Trinajstić information content (AvgIpc) is 2.54. The van der Waals surface area contributed by atoms with Gasteiger partial charge in [-0.1, -0.05) is 31.4 Å². The zero-order chi connectivity index (χ0) is 18.4. The first-order valence-electron chi connectivity index (χ1n) is 8.19. The van der Waals surface area contributed by atoms with Crippen LogP contribution in [0.25, 0.3) is 0 Å². The molecule has 0 unspecified atom stereocenters. The Morgan fingerprint density at radius 1 is 1.28 bits per heavy atom. The summed E-state index contributed by atoms with van der Waals surface area (Å²) < 4.78 is 4.87. The maximum absolute atomic E-state index is 11.9. The first-order valence-corrected chi connectivity index (χ1v) is 8.57. The molecule has 1 fully saturated rings. The van der Waals surface area contributed by atoms with Gasteiger partial charge in [-0.25, -0.2) is 9.59 Å². The van der Waals surface area contributed by atoms with Crippen molar-refractivity contribution >= 4 is 35.2 Å². The molecule has 3 amide bonds. The number of imide groups is 1. The zero-order valence-electron chi connectivity index (χ0n) is 14.0. The van der Waals surface area contributed by atoms with E-state index in [-0.39, 0.29) is 17.3 Å². The van der Waals surface area contributed by atoms with Crippen molar-refractivity contribution in [3.63, 3.8) is 0 Å². The molecule has 1 aromatic carbocycles. The van der Waals surface area contributed by atoms with E-state index in [4.69, 9.17) is 22.1 Å². The highest BCUT2D eigenvalue weighted by molar-refractivity contribution is 6.31. The van der Waals surface area contributed by atoms with Crippen molar-refractivity contribution in [3.8, 4) is 0 Å². The Hall–Kier alpha value is -2.28. The summed E-state index contributed by atoms with van der Waals surface area (Å²) in [6.45, 7) is 1.50. The van der Waals surface area contributed by atoms with Gasteiger partial charge in [-0.3, -0.25) is 10.1 Å². The highest BCUT2D eigenvalue weighted by Gasteiger charge is 2.23. The van der Waals surface area contributed by atoms with Gasteiger partial charge in [0.25, 0.3) is 5.91 Å². The molecule has 4 N–H and O–H groups in total. The lowest BCUT2D eigenvalue weighted by Gasteiger charge is -2.29. The standard InChI is InChI=1S/C17H22ClN3O4/c1-10-4-2-3-5-14(10)20-17(24)21-15(22)9-25-16(23)12-7-6-11(18)8-13(12)19/h6-8,10,14H,2-5,9,19H2,1H3,(H2,20,21,22,24)/t10-,14-/m0/s1. The van der Waals surface area contributed by atoms with E-state index in [9.17, 15) is 14.4 Å². The van der Waals surface area contributed by atoms with Crippen molar-refractivity contribution < 1.29 is 19.1 Å². The van der Waals surface area contributed by atoms with Crippen molar-refractivity contribution in [2.24, 2.45) is 5.92 Å². The molecule has 1 aliphatic rings. The fourth-order valence-electron chi connectivity index (χ4n) is 2.83. The Kier molecular flexibility index (Phi) is 6.64. The van der Waals surface area contributed by atoms with Crippen LogP contribution < -0.4 is 16.4 Å². The molecule has 0 aliphatic heterocycles. The van der Waals surface area contributed by atoms with E-state index < -0.39 is 24.5 Å². The summed E-state index contributed by atoms with van der Waals surface area (Å²) in [7, 11) is 0. The maximum atomic E-state index is 11.9. The van der Waals surface area contributed by atoms with Gasteiger partial charge < -0.3 is 15.8 Å². The van der Waals surface area contributed by atoms with E-state index >= 15 is 0 Å². The van der Waals surface area contributed by atoms with Gasteiger partial charge in [-0.2, -0.15) is 0 Å². The third-order valence-corrected chi connectivity index (χ3v) is 4.48. The number of benzene rings is 1. The van der Waals surface area contributed by atoms with Crippen LogP contribution in [0.3, 0.4) is 0 Å². The van der Waals surface area contributed by atoms with E-state index in [1.807, 2.05) is 0 Å². The summed E-state index contributed by atoms with van der Waals surface area (Å²) in [5.74, 6) is -1.09. The number of nitrogens with two attached hydrogens (primary N) is 1. The minimum absolute atomic E-state index is 0.0537. The molecule has 2 rings (SSSR count). The lowest BCUT2D eigenvalue weighted by atomic mass is 9.86. The number of anilines is 1. The summed E-state index contributed by atoms with van der Waals surface area (Å²) in [6, 6.07) is 3.79. The number of amides is 3. The maximum Gasteiger partial charge on any atom is 0.340 e. The van der Waals surface area contributed by atoms with Crippen LogP contribution in [0.1, 0.15) is 43.0 Å². The number of ether oxygens (including phenoxy) is 1. The Balaban J connectivity index is 1.77.